The maximum absolute atomic E-state index is 12.3. The van der Waals surface area contributed by atoms with Crippen molar-refractivity contribution in [2.24, 2.45) is 0 Å². The average molecular weight is 543 g/mol. The number of halogens is 1. The van der Waals surface area contributed by atoms with Crippen LogP contribution in [0.1, 0.15) is 22.1 Å². The van der Waals surface area contributed by atoms with Crippen LogP contribution in [0.2, 0.25) is 0 Å². The molecule has 174 valence electrons. The Balaban J connectivity index is 0.00000289. The number of ketones is 1. The average Bonchev–Trinajstić information content (AvgIpc) is 3.60. The van der Waals surface area contributed by atoms with E-state index in [2.05, 4.69) is 91.0 Å². The lowest BCUT2D eigenvalue weighted by atomic mass is 10.2. The fourth-order valence-corrected chi connectivity index (χ4v) is 8.35. The molecule has 0 radical (unpaired) electrons. The fraction of sp³-hybridized carbons (Fsp3) is 0.0333. The molecule has 5 heteroatoms. The minimum Gasteiger partial charge on any atom is -1.00 e. The van der Waals surface area contributed by atoms with Crippen molar-refractivity contribution < 1.29 is 30.6 Å². The maximum atomic E-state index is 12.3. The van der Waals surface area contributed by atoms with Gasteiger partial charge in [-0.05, 0) is 72.8 Å². The van der Waals surface area contributed by atoms with Crippen molar-refractivity contribution in [3.8, 4) is 0 Å². The van der Waals surface area contributed by atoms with Gasteiger partial charge in [0.05, 0.1) is 6.26 Å². The number of carbonyl (C=O) groups excluding carboxylic acids is 1. The summed E-state index contributed by atoms with van der Waals surface area (Å²) in [4.78, 5) is 12.3. The molecule has 2 aromatic heterocycles. The molecular weight excluding hydrogens is 519 g/mol. The number of hydrogen-bond donors (Lipinski definition) is 0. The van der Waals surface area contributed by atoms with Crippen molar-refractivity contribution in [3.63, 3.8) is 0 Å². The highest BCUT2D eigenvalue weighted by Crippen LogP contribution is 2.58. The Kier molecular flexibility index (Phi) is 7.97. The Morgan fingerprint density at radius 3 is 1.71 bits per heavy atom. The third kappa shape index (κ3) is 5.30. The van der Waals surface area contributed by atoms with Crippen molar-refractivity contribution in [2.45, 2.75) is 6.16 Å². The molecule has 0 aliphatic heterocycles. The Morgan fingerprint density at radius 1 is 0.686 bits per heavy atom. The second-order valence-electron chi connectivity index (χ2n) is 7.95. The highest BCUT2D eigenvalue weighted by Gasteiger charge is 2.46. The van der Waals surface area contributed by atoms with Gasteiger partial charge in [0.1, 0.15) is 40.9 Å². The molecule has 5 rings (SSSR count). The zero-order valence-electron chi connectivity index (χ0n) is 19.0. The summed E-state index contributed by atoms with van der Waals surface area (Å²) in [5.41, 5.74) is 0. The maximum Gasteiger partial charge on any atom is 0.221 e. The number of benzene rings is 3. The summed E-state index contributed by atoms with van der Waals surface area (Å²) >= 11 is 0. The van der Waals surface area contributed by atoms with E-state index in [1.54, 1.807) is 18.2 Å². The van der Waals surface area contributed by atoms with Gasteiger partial charge in [0, 0.05) is 0 Å². The Hall–Kier alpha value is -3.46. The third-order valence-electron chi connectivity index (χ3n) is 5.83. The minimum atomic E-state index is -2.04. The summed E-state index contributed by atoms with van der Waals surface area (Å²) in [7, 11) is -2.04. The zero-order chi connectivity index (χ0) is 23.2. The topological polar surface area (TPSA) is 43.4 Å². The minimum absolute atomic E-state index is 0. The smallest absolute Gasteiger partial charge is 0.221 e. The summed E-state index contributed by atoms with van der Waals surface area (Å²) in [6, 6.07) is 39.4. The van der Waals surface area contributed by atoms with E-state index >= 15 is 0 Å². The first-order valence-electron chi connectivity index (χ1n) is 11.2. The standard InChI is InChI=1S/C30H24O3P.BrH/c31-29(30-17-10-22-32-30)21-20-24-18-19-25(33-24)23-34(26-11-4-1-5-12-26,27-13-6-2-7-14-27)28-15-8-3-9-16-28;/h1-22H,23H2;1H/q+1;/p-1/b21-20+;. The van der Waals surface area contributed by atoms with Crippen LogP contribution < -0.4 is 32.9 Å². The molecule has 0 spiro atoms. The predicted octanol–water partition coefficient (Wildman–Crippen LogP) is 3.27. The van der Waals surface area contributed by atoms with Gasteiger partial charge in [-0.2, -0.15) is 0 Å². The number of rotatable bonds is 8. The molecule has 3 aromatic carbocycles. The lowest BCUT2D eigenvalue weighted by Crippen LogP contribution is -3.00. The largest absolute Gasteiger partial charge is 1.00 e. The summed E-state index contributed by atoms with van der Waals surface area (Å²) in [5.74, 6) is 1.64. The first kappa shape index (κ1) is 24.7. The number of allylic oxidation sites excluding steroid dienone is 1. The predicted molar refractivity (Wildman–Crippen MR) is 140 cm³/mol. The highest BCUT2D eigenvalue weighted by atomic mass is 79.9. The van der Waals surface area contributed by atoms with E-state index in [1.807, 2.05) is 12.1 Å². The van der Waals surface area contributed by atoms with Gasteiger partial charge in [-0.1, -0.05) is 54.6 Å². The first-order valence-corrected chi connectivity index (χ1v) is 13.1. The Morgan fingerprint density at radius 2 is 1.23 bits per heavy atom. The van der Waals surface area contributed by atoms with Crippen LogP contribution >= 0.6 is 7.26 Å². The molecule has 0 N–H and O–H groups in total. The fourth-order valence-electron chi connectivity index (χ4n) is 4.23. The summed E-state index contributed by atoms with van der Waals surface area (Å²) in [6.07, 6.45) is 5.41. The molecule has 0 aliphatic rings. The monoisotopic (exact) mass is 542 g/mol. The van der Waals surface area contributed by atoms with Gasteiger partial charge in [-0.3, -0.25) is 4.79 Å². The summed E-state index contributed by atoms with van der Waals surface area (Å²) in [5, 5.41) is 3.90. The SMILES string of the molecule is O=C(/C=C/c1ccc(C[P+](c2ccccc2)(c2ccccc2)c2ccccc2)o1)c1ccco1.[Br-]. The molecular formula is C30H24BrO3P. The van der Waals surface area contributed by atoms with Gasteiger partial charge < -0.3 is 25.8 Å². The molecule has 0 bridgehead atoms. The molecule has 0 atom stereocenters. The molecule has 0 saturated carbocycles. The molecule has 0 saturated heterocycles. The van der Waals surface area contributed by atoms with E-state index in [9.17, 15) is 4.79 Å². The molecule has 3 nitrogen and oxygen atoms in total. The Labute approximate surface area is 216 Å². The van der Waals surface area contributed by atoms with Crippen LogP contribution in [0.3, 0.4) is 0 Å². The van der Waals surface area contributed by atoms with Crippen LogP contribution in [0.25, 0.3) is 6.08 Å². The normalized spacial score (nSPS) is 11.3. The molecule has 0 aliphatic carbocycles. The van der Waals surface area contributed by atoms with Gasteiger partial charge in [0.15, 0.2) is 5.76 Å². The van der Waals surface area contributed by atoms with Gasteiger partial charge in [-0.15, -0.1) is 0 Å². The molecule has 35 heavy (non-hydrogen) atoms. The van der Waals surface area contributed by atoms with E-state index in [0.717, 1.165) is 11.9 Å². The summed E-state index contributed by atoms with van der Waals surface area (Å²) in [6.45, 7) is 0. The van der Waals surface area contributed by atoms with Crippen LogP contribution in [0.15, 0.2) is 136 Å². The molecule has 5 aromatic rings. The van der Waals surface area contributed by atoms with Crippen molar-refractivity contribution in [1.82, 2.24) is 0 Å². The molecule has 0 fully saturated rings. The van der Waals surface area contributed by atoms with E-state index in [-0.39, 0.29) is 22.8 Å². The second-order valence-corrected chi connectivity index (χ2v) is 11.4. The molecule has 0 unspecified atom stereocenters. The second kappa shape index (κ2) is 11.3. The van der Waals surface area contributed by atoms with Crippen LogP contribution in [-0.4, -0.2) is 5.78 Å². The Bertz CT molecular complexity index is 1280. The van der Waals surface area contributed by atoms with Gasteiger partial charge >= 0.3 is 0 Å². The van der Waals surface area contributed by atoms with Crippen molar-refractivity contribution in [2.75, 3.05) is 0 Å². The molecule has 0 amide bonds. The van der Waals surface area contributed by atoms with Gasteiger partial charge in [0.25, 0.3) is 0 Å². The first-order chi connectivity index (χ1) is 16.8. The van der Waals surface area contributed by atoms with Crippen LogP contribution in [0, 0.1) is 0 Å². The number of hydrogen-bond acceptors (Lipinski definition) is 3. The van der Waals surface area contributed by atoms with Gasteiger partial charge in [-0.25, -0.2) is 0 Å². The van der Waals surface area contributed by atoms with E-state index in [4.69, 9.17) is 8.83 Å². The van der Waals surface area contributed by atoms with Crippen LogP contribution in [0.5, 0.6) is 0 Å². The highest BCUT2D eigenvalue weighted by molar-refractivity contribution is 7.95. The number of carbonyl (C=O) groups is 1. The lowest BCUT2D eigenvalue weighted by Gasteiger charge is -2.26. The van der Waals surface area contributed by atoms with E-state index in [1.165, 1.54) is 28.3 Å². The quantitative estimate of drug-likeness (QED) is 0.172. The zero-order valence-corrected chi connectivity index (χ0v) is 21.4. The molecule has 2 heterocycles. The number of furan rings is 2. The van der Waals surface area contributed by atoms with Crippen molar-refractivity contribution >= 4 is 35.0 Å². The third-order valence-corrected chi connectivity index (χ3v) is 10.2. The summed E-state index contributed by atoms with van der Waals surface area (Å²) < 4.78 is 11.4. The lowest BCUT2D eigenvalue weighted by molar-refractivity contribution is -0.0000146. The van der Waals surface area contributed by atoms with Crippen LogP contribution in [-0.2, 0) is 6.16 Å². The van der Waals surface area contributed by atoms with E-state index in [0.29, 0.717) is 11.5 Å². The van der Waals surface area contributed by atoms with Crippen molar-refractivity contribution in [3.05, 3.63) is 145 Å². The van der Waals surface area contributed by atoms with Crippen molar-refractivity contribution in [1.29, 1.82) is 0 Å². The van der Waals surface area contributed by atoms with Gasteiger partial charge in [0.2, 0.25) is 5.78 Å². The van der Waals surface area contributed by atoms with E-state index < -0.39 is 7.26 Å². The van der Waals surface area contributed by atoms with Crippen LogP contribution in [0.4, 0.5) is 0 Å².